The van der Waals surface area contributed by atoms with Gasteiger partial charge in [0.25, 0.3) is 5.56 Å². The molecule has 0 aliphatic carbocycles. The zero-order valence-corrected chi connectivity index (χ0v) is 8.37. The first-order valence-corrected chi connectivity index (χ1v) is 4.43. The molecular weight excluding hydrogens is 196 g/mol. The van der Waals surface area contributed by atoms with E-state index < -0.39 is 0 Å². The third-order valence-electron chi connectivity index (χ3n) is 1.88. The van der Waals surface area contributed by atoms with Crippen molar-refractivity contribution < 1.29 is 4.79 Å². The van der Waals surface area contributed by atoms with Gasteiger partial charge in [0.2, 0.25) is 5.91 Å². The number of fused-ring (bicyclic) bond motifs is 1. The molecule has 0 fully saturated rings. The van der Waals surface area contributed by atoms with Gasteiger partial charge in [-0.2, -0.15) is 0 Å². The molecule has 2 rings (SSSR count). The molecule has 0 unspecified atom stereocenters. The minimum Gasteiger partial charge on any atom is -0.311 e. The number of carbonyl (C=O) groups is 1. The molecule has 2 aromatic rings. The minimum atomic E-state index is -0.253. The number of carbonyl (C=O) groups excluding carboxylic acids is 1. The maximum absolute atomic E-state index is 11.5. The van der Waals surface area contributed by atoms with Gasteiger partial charge in [0.1, 0.15) is 5.82 Å². The van der Waals surface area contributed by atoms with Crippen LogP contribution in [0.1, 0.15) is 12.6 Å². The van der Waals surface area contributed by atoms with Crippen molar-refractivity contribution >= 4 is 17.4 Å². The van der Waals surface area contributed by atoms with Crippen LogP contribution in [0.2, 0.25) is 0 Å². The molecule has 0 spiro atoms. The molecule has 6 heteroatoms. The Labute approximate surface area is 84.9 Å². The Kier molecular flexibility index (Phi) is 2.03. The monoisotopic (exact) mass is 206 g/mol. The van der Waals surface area contributed by atoms with Crippen LogP contribution in [0.4, 0.5) is 5.82 Å². The second-order valence-electron chi connectivity index (χ2n) is 3.29. The van der Waals surface area contributed by atoms with Crippen LogP contribution in [0, 0.1) is 6.92 Å². The van der Waals surface area contributed by atoms with Crippen LogP contribution in [-0.2, 0) is 4.79 Å². The highest BCUT2D eigenvalue weighted by molar-refractivity contribution is 5.87. The van der Waals surface area contributed by atoms with Gasteiger partial charge in [-0.15, -0.1) is 0 Å². The van der Waals surface area contributed by atoms with E-state index in [1.165, 1.54) is 17.5 Å². The van der Waals surface area contributed by atoms with E-state index in [4.69, 9.17) is 0 Å². The van der Waals surface area contributed by atoms with Crippen LogP contribution < -0.4 is 10.9 Å². The highest BCUT2D eigenvalue weighted by Crippen LogP contribution is 2.04. The van der Waals surface area contributed by atoms with E-state index in [9.17, 15) is 9.59 Å². The smallest absolute Gasteiger partial charge is 0.274 e. The molecule has 2 aromatic heterocycles. The lowest BCUT2D eigenvalue weighted by atomic mass is 10.5. The Morgan fingerprint density at radius 3 is 2.93 bits per heavy atom. The zero-order chi connectivity index (χ0) is 11.0. The summed E-state index contributed by atoms with van der Waals surface area (Å²) >= 11 is 0. The zero-order valence-electron chi connectivity index (χ0n) is 8.37. The number of nitrogens with zero attached hydrogens (tertiary/aromatic N) is 2. The van der Waals surface area contributed by atoms with E-state index in [0.717, 1.165) is 5.69 Å². The number of rotatable bonds is 1. The number of aryl methyl sites for hydroxylation is 1. The highest BCUT2D eigenvalue weighted by Gasteiger charge is 2.04. The molecule has 0 aliphatic rings. The van der Waals surface area contributed by atoms with Gasteiger partial charge in [-0.05, 0) is 6.92 Å². The normalized spacial score (nSPS) is 10.5. The molecule has 15 heavy (non-hydrogen) atoms. The maximum Gasteiger partial charge on any atom is 0.274 e. The van der Waals surface area contributed by atoms with Gasteiger partial charge in [0.15, 0.2) is 5.65 Å². The number of nitrogens with one attached hydrogen (secondary N) is 2. The molecule has 2 N–H and O–H groups in total. The quantitative estimate of drug-likeness (QED) is 0.703. The lowest BCUT2D eigenvalue weighted by molar-refractivity contribution is -0.114. The fraction of sp³-hybridized carbons (Fsp3) is 0.222. The molecule has 0 atom stereocenters. The van der Waals surface area contributed by atoms with Crippen molar-refractivity contribution in [3.8, 4) is 0 Å². The Morgan fingerprint density at radius 1 is 1.53 bits per heavy atom. The summed E-state index contributed by atoms with van der Waals surface area (Å²) in [4.78, 5) is 26.4. The Hall–Kier alpha value is -2.11. The molecule has 0 bridgehead atoms. The van der Waals surface area contributed by atoms with Crippen molar-refractivity contribution in [1.29, 1.82) is 0 Å². The van der Waals surface area contributed by atoms with Crippen molar-refractivity contribution in [3.63, 3.8) is 0 Å². The third-order valence-corrected chi connectivity index (χ3v) is 1.88. The summed E-state index contributed by atoms with van der Waals surface area (Å²) in [5.41, 5.74) is 1.07. The summed E-state index contributed by atoms with van der Waals surface area (Å²) < 4.78 is 1.32. The van der Waals surface area contributed by atoms with Crippen molar-refractivity contribution in [2.45, 2.75) is 13.8 Å². The first kappa shape index (κ1) is 9.45. The van der Waals surface area contributed by atoms with Gasteiger partial charge < -0.3 is 5.32 Å². The van der Waals surface area contributed by atoms with Gasteiger partial charge in [-0.1, -0.05) is 0 Å². The first-order valence-electron chi connectivity index (χ1n) is 4.43. The topological polar surface area (TPSA) is 79.3 Å². The first-order chi connectivity index (χ1) is 7.06. The molecule has 0 aromatic carbocycles. The van der Waals surface area contributed by atoms with Crippen molar-refractivity contribution in [3.05, 3.63) is 28.2 Å². The van der Waals surface area contributed by atoms with Crippen molar-refractivity contribution in [2.24, 2.45) is 0 Å². The van der Waals surface area contributed by atoms with Crippen molar-refractivity contribution in [2.75, 3.05) is 5.32 Å². The fourth-order valence-electron chi connectivity index (χ4n) is 1.36. The molecule has 6 nitrogen and oxygen atoms in total. The van der Waals surface area contributed by atoms with Crippen LogP contribution in [0.5, 0.6) is 0 Å². The van der Waals surface area contributed by atoms with Gasteiger partial charge in [-0.3, -0.25) is 14.7 Å². The molecule has 0 aliphatic heterocycles. The molecule has 78 valence electrons. The predicted octanol–water partition coefficient (Wildman–Crippen LogP) is 0.289. The van der Waals surface area contributed by atoms with E-state index in [-0.39, 0.29) is 17.3 Å². The van der Waals surface area contributed by atoms with Crippen LogP contribution in [0.15, 0.2) is 16.9 Å². The predicted molar refractivity (Wildman–Crippen MR) is 54.9 cm³/mol. The average molecular weight is 206 g/mol. The number of aromatic amines is 1. The Bertz CT molecular complexity index is 581. The van der Waals surface area contributed by atoms with E-state index in [1.807, 2.05) is 6.92 Å². The number of aromatic nitrogens is 3. The van der Waals surface area contributed by atoms with E-state index >= 15 is 0 Å². The standard InChI is InChI=1S/C9H10N4O2/c1-5-3-8-11-7(10-6(2)14)4-9(15)13(8)12-5/h3-4,12H,1-2H3,(H,10,14). The van der Waals surface area contributed by atoms with Crippen LogP contribution >= 0.6 is 0 Å². The van der Waals surface area contributed by atoms with Crippen molar-refractivity contribution in [1.82, 2.24) is 14.6 Å². The van der Waals surface area contributed by atoms with Crippen LogP contribution in [-0.4, -0.2) is 20.5 Å². The van der Waals surface area contributed by atoms with Gasteiger partial charge in [0.05, 0.1) is 0 Å². The van der Waals surface area contributed by atoms with Crippen LogP contribution in [0.25, 0.3) is 5.65 Å². The van der Waals surface area contributed by atoms with Crippen LogP contribution in [0.3, 0.4) is 0 Å². The van der Waals surface area contributed by atoms with Gasteiger partial charge in [-0.25, -0.2) is 9.50 Å². The van der Waals surface area contributed by atoms with E-state index in [1.54, 1.807) is 6.07 Å². The summed E-state index contributed by atoms with van der Waals surface area (Å²) in [6.45, 7) is 3.19. The molecule has 0 saturated carbocycles. The minimum absolute atomic E-state index is 0.251. The summed E-state index contributed by atoms with van der Waals surface area (Å²) in [7, 11) is 0. The molecular formula is C9H10N4O2. The highest BCUT2D eigenvalue weighted by atomic mass is 16.1. The summed E-state index contributed by atoms with van der Waals surface area (Å²) in [6, 6.07) is 3.00. The molecule has 0 radical (unpaired) electrons. The van der Waals surface area contributed by atoms with E-state index in [2.05, 4.69) is 15.4 Å². The number of anilines is 1. The summed E-state index contributed by atoms with van der Waals surface area (Å²) in [5, 5.41) is 5.31. The SMILES string of the molecule is CC(=O)Nc1cc(=O)n2[nH]c(C)cc2n1. The summed E-state index contributed by atoms with van der Waals surface area (Å²) in [5.74, 6) is 0.0185. The van der Waals surface area contributed by atoms with Gasteiger partial charge in [0, 0.05) is 24.8 Å². The molecule has 2 heterocycles. The molecule has 0 saturated heterocycles. The largest absolute Gasteiger partial charge is 0.311 e. The number of hydrogen-bond acceptors (Lipinski definition) is 3. The number of H-pyrrole nitrogens is 1. The Balaban J connectivity index is 2.61. The van der Waals surface area contributed by atoms with E-state index in [0.29, 0.717) is 5.65 Å². The third kappa shape index (κ3) is 1.74. The number of amides is 1. The Morgan fingerprint density at radius 2 is 2.27 bits per heavy atom. The lowest BCUT2D eigenvalue weighted by Gasteiger charge is -1.99. The average Bonchev–Trinajstić information content (AvgIpc) is 2.44. The fourth-order valence-corrected chi connectivity index (χ4v) is 1.36. The second kappa shape index (κ2) is 3.23. The molecule has 1 amide bonds. The maximum atomic E-state index is 11.5. The van der Waals surface area contributed by atoms with Gasteiger partial charge >= 0.3 is 0 Å². The lowest BCUT2D eigenvalue weighted by Crippen LogP contribution is -2.17. The second-order valence-corrected chi connectivity index (χ2v) is 3.29. The summed E-state index contributed by atoms with van der Waals surface area (Å²) in [6.07, 6.45) is 0. The number of hydrogen-bond donors (Lipinski definition) is 2.